The van der Waals surface area contributed by atoms with E-state index in [9.17, 15) is 9.90 Å². The van der Waals surface area contributed by atoms with Gasteiger partial charge in [0.2, 0.25) is 5.91 Å². The second-order valence-electron chi connectivity index (χ2n) is 5.30. The van der Waals surface area contributed by atoms with Crippen molar-refractivity contribution in [1.82, 2.24) is 5.32 Å². The summed E-state index contributed by atoms with van der Waals surface area (Å²) in [6.45, 7) is 3.62. The highest BCUT2D eigenvalue weighted by Crippen LogP contribution is 2.27. The van der Waals surface area contributed by atoms with E-state index in [1.54, 1.807) is 11.8 Å². The fraction of sp³-hybridized carbons (Fsp3) is 0.917. The van der Waals surface area contributed by atoms with Gasteiger partial charge in [0.25, 0.3) is 0 Å². The molecule has 1 aliphatic carbocycles. The van der Waals surface area contributed by atoms with E-state index in [0.717, 1.165) is 12.8 Å². The summed E-state index contributed by atoms with van der Waals surface area (Å²) in [6.07, 6.45) is 2.14. The van der Waals surface area contributed by atoms with Gasteiger partial charge < -0.3 is 21.3 Å². The Kier molecular flexibility index (Phi) is 5.91. The van der Waals surface area contributed by atoms with Crippen molar-refractivity contribution in [3.8, 4) is 0 Å². The van der Waals surface area contributed by atoms with Crippen LogP contribution in [0, 0.1) is 0 Å². The molecular formula is C12H24N2O3S. The quantitative estimate of drug-likeness (QED) is 0.470. The van der Waals surface area contributed by atoms with E-state index in [2.05, 4.69) is 5.32 Å². The van der Waals surface area contributed by atoms with E-state index >= 15 is 0 Å². The Balaban J connectivity index is 2.41. The van der Waals surface area contributed by atoms with Crippen LogP contribution in [-0.4, -0.2) is 51.4 Å². The Bertz CT molecular complexity index is 286. The second-order valence-corrected chi connectivity index (χ2v) is 6.77. The minimum absolute atomic E-state index is 0.190. The van der Waals surface area contributed by atoms with Crippen LogP contribution in [0.3, 0.4) is 0 Å². The van der Waals surface area contributed by atoms with Gasteiger partial charge in [-0.05, 0) is 26.2 Å². The number of hydrogen-bond acceptors (Lipinski definition) is 5. The molecular weight excluding hydrogens is 252 g/mol. The Labute approximate surface area is 113 Å². The number of nitrogens with two attached hydrogens (primary N) is 1. The lowest BCUT2D eigenvalue weighted by molar-refractivity contribution is -0.124. The van der Waals surface area contributed by atoms with Crippen LogP contribution in [0.5, 0.6) is 0 Å². The van der Waals surface area contributed by atoms with Crippen LogP contribution in [0.1, 0.15) is 33.1 Å². The third-order valence-electron chi connectivity index (χ3n) is 3.12. The molecule has 18 heavy (non-hydrogen) atoms. The molecule has 0 aromatic carbocycles. The number of rotatable bonds is 9. The number of aliphatic hydroxyl groups is 2. The monoisotopic (exact) mass is 276 g/mol. The number of carbonyl (C=O) groups is 1. The molecule has 1 fully saturated rings. The first-order chi connectivity index (χ1) is 8.37. The van der Waals surface area contributed by atoms with Gasteiger partial charge in [-0.15, -0.1) is 0 Å². The third-order valence-corrected chi connectivity index (χ3v) is 4.44. The van der Waals surface area contributed by atoms with Gasteiger partial charge in [0, 0.05) is 17.0 Å². The average molecular weight is 276 g/mol. The summed E-state index contributed by atoms with van der Waals surface area (Å²) in [7, 11) is 0. The fourth-order valence-corrected chi connectivity index (χ4v) is 2.98. The Morgan fingerprint density at radius 2 is 2.22 bits per heavy atom. The van der Waals surface area contributed by atoms with Crippen LogP contribution in [0.15, 0.2) is 0 Å². The summed E-state index contributed by atoms with van der Waals surface area (Å²) in [5.74, 6) is 0.139. The van der Waals surface area contributed by atoms with Crippen molar-refractivity contribution in [3.63, 3.8) is 0 Å². The summed E-state index contributed by atoms with van der Waals surface area (Å²) in [5.41, 5.74) is 4.79. The summed E-state index contributed by atoms with van der Waals surface area (Å²) in [5, 5.41) is 21.5. The molecule has 6 heteroatoms. The first-order valence-electron chi connectivity index (χ1n) is 6.35. The molecule has 0 bridgehead atoms. The van der Waals surface area contributed by atoms with Crippen molar-refractivity contribution >= 4 is 17.7 Å². The van der Waals surface area contributed by atoms with Gasteiger partial charge in [-0.1, -0.05) is 6.92 Å². The summed E-state index contributed by atoms with van der Waals surface area (Å²) < 4.78 is 0. The zero-order valence-electron chi connectivity index (χ0n) is 11.1. The Morgan fingerprint density at radius 1 is 1.61 bits per heavy atom. The normalized spacial score (nSPS) is 22.2. The molecule has 0 aromatic rings. The van der Waals surface area contributed by atoms with E-state index in [0.29, 0.717) is 18.2 Å². The highest BCUT2D eigenvalue weighted by Gasteiger charge is 2.38. The van der Waals surface area contributed by atoms with Crippen molar-refractivity contribution in [3.05, 3.63) is 0 Å². The smallest absolute Gasteiger partial charge is 0.237 e. The molecule has 0 saturated heterocycles. The SMILES string of the molecule is CC(CC(C)(NC1CC1)C(N)=O)SCC(O)CO. The van der Waals surface area contributed by atoms with Crippen LogP contribution >= 0.6 is 11.8 Å². The molecule has 0 spiro atoms. The van der Waals surface area contributed by atoms with Crippen LogP contribution < -0.4 is 11.1 Å². The van der Waals surface area contributed by atoms with E-state index in [1.165, 1.54) is 0 Å². The molecule has 1 amide bonds. The number of aliphatic hydroxyl groups excluding tert-OH is 2. The van der Waals surface area contributed by atoms with Gasteiger partial charge in [-0.2, -0.15) is 11.8 Å². The molecule has 0 heterocycles. The molecule has 0 aliphatic heterocycles. The molecule has 3 atom stereocenters. The summed E-state index contributed by atoms with van der Waals surface area (Å²) in [6, 6.07) is 0.419. The summed E-state index contributed by atoms with van der Waals surface area (Å²) in [4.78, 5) is 11.6. The van der Waals surface area contributed by atoms with Crippen molar-refractivity contribution in [1.29, 1.82) is 0 Å². The number of amides is 1. The van der Waals surface area contributed by atoms with E-state index in [-0.39, 0.29) is 17.8 Å². The zero-order valence-corrected chi connectivity index (χ0v) is 11.9. The molecule has 1 aliphatic rings. The Morgan fingerprint density at radius 3 is 2.67 bits per heavy atom. The van der Waals surface area contributed by atoms with Gasteiger partial charge in [0.1, 0.15) is 0 Å². The maximum Gasteiger partial charge on any atom is 0.237 e. The van der Waals surface area contributed by atoms with Gasteiger partial charge in [-0.25, -0.2) is 0 Å². The van der Waals surface area contributed by atoms with E-state index in [1.807, 2.05) is 13.8 Å². The van der Waals surface area contributed by atoms with Gasteiger partial charge in [-0.3, -0.25) is 4.79 Å². The molecule has 5 N–H and O–H groups in total. The molecule has 0 aromatic heterocycles. The molecule has 5 nitrogen and oxygen atoms in total. The van der Waals surface area contributed by atoms with Gasteiger partial charge in [0.05, 0.1) is 18.2 Å². The number of hydrogen-bond donors (Lipinski definition) is 4. The molecule has 1 saturated carbocycles. The van der Waals surface area contributed by atoms with Crippen LogP contribution in [-0.2, 0) is 4.79 Å². The topological polar surface area (TPSA) is 95.6 Å². The maximum atomic E-state index is 11.6. The van der Waals surface area contributed by atoms with Gasteiger partial charge in [0.15, 0.2) is 0 Å². The molecule has 1 rings (SSSR count). The minimum atomic E-state index is -0.700. The highest BCUT2D eigenvalue weighted by molar-refractivity contribution is 7.99. The van der Waals surface area contributed by atoms with E-state index < -0.39 is 11.6 Å². The van der Waals surface area contributed by atoms with Crippen LogP contribution in [0.4, 0.5) is 0 Å². The van der Waals surface area contributed by atoms with Crippen LogP contribution in [0.25, 0.3) is 0 Å². The molecule has 106 valence electrons. The second kappa shape index (κ2) is 6.75. The number of nitrogens with one attached hydrogen (secondary N) is 1. The fourth-order valence-electron chi connectivity index (χ4n) is 1.87. The Hall–Kier alpha value is -0.300. The predicted octanol–water partition coefficient (Wildman–Crippen LogP) is -0.153. The maximum absolute atomic E-state index is 11.6. The minimum Gasteiger partial charge on any atom is -0.394 e. The lowest BCUT2D eigenvalue weighted by atomic mass is 9.95. The van der Waals surface area contributed by atoms with E-state index in [4.69, 9.17) is 10.8 Å². The standard InChI is InChI=1S/C12H24N2O3S/c1-8(18-7-10(16)6-15)5-12(2,11(13)17)14-9-3-4-9/h8-10,14-16H,3-7H2,1-2H3,(H2,13,17). The summed E-state index contributed by atoms with van der Waals surface area (Å²) >= 11 is 1.54. The molecule has 3 unspecified atom stereocenters. The molecule has 0 radical (unpaired) electrons. The third kappa shape index (κ3) is 5.14. The lowest BCUT2D eigenvalue weighted by Crippen LogP contribution is -2.55. The first-order valence-corrected chi connectivity index (χ1v) is 7.40. The highest BCUT2D eigenvalue weighted by atomic mass is 32.2. The lowest BCUT2D eigenvalue weighted by Gasteiger charge is -2.30. The van der Waals surface area contributed by atoms with Gasteiger partial charge >= 0.3 is 0 Å². The first kappa shape index (κ1) is 15.8. The largest absolute Gasteiger partial charge is 0.394 e. The zero-order chi connectivity index (χ0) is 13.8. The number of thioether (sulfide) groups is 1. The van der Waals surface area contributed by atoms with Crippen molar-refractivity contribution in [2.24, 2.45) is 5.73 Å². The van der Waals surface area contributed by atoms with Crippen molar-refractivity contribution < 1.29 is 15.0 Å². The van der Waals surface area contributed by atoms with Crippen molar-refractivity contribution in [2.45, 2.75) is 56.0 Å². The average Bonchev–Trinajstić information content (AvgIpc) is 3.09. The predicted molar refractivity (Wildman–Crippen MR) is 73.4 cm³/mol. The number of carbonyl (C=O) groups excluding carboxylic acids is 1. The number of primary amides is 1. The van der Waals surface area contributed by atoms with Crippen molar-refractivity contribution in [2.75, 3.05) is 12.4 Å². The van der Waals surface area contributed by atoms with Crippen LogP contribution in [0.2, 0.25) is 0 Å².